The van der Waals surface area contributed by atoms with E-state index in [1.165, 1.54) is 5.56 Å². The van der Waals surface area contributed by atoms with Crippen LogP contribution in [0, 0.1) is 5.92 Å². The Balaban J connectivity index is 1.37. The molecule has 0 aliphatic carbocycles. The second-order valence-corrected chi connectivity index (χ2v) is 7.74. The van der Waals surface area contributed by atoms with E-state index >= 15 is 0 Å². The maximum Gasteiger partial charge on any atom is 0.178 e. The van der Waals surface area contributed by atoms with Gasteiger partial charge in [0.1, 0.15) is 5.82 Å². The molecule has 1 saturated heterocycles. The Morgan fingerprint density at radius 3 is 2.80 bits per heavy atom. The average Bonchev–Trinajstić information content (AvgIpc) is 3.17. The summed E-state index contributed by atoms with van der Waals surface area (Å²) < 4.78 is 1.87. The van der Waals surface area contributed by atoms with Crippen LogP contribution < -0.4 is 10.2 Å². The minimum Gasteiger partial charge on any atom is -0.354 e. The zero-order valence-electron chi connectivity index (χ0n) is 14.9. The molecule has 3 aromatic rings. The molecular formula is C17H24N8. The van der Waals surface area contributed by atoms with Gasteiger partial charge in [-0.2, -0.15) is 9.61 Å². The predicted octanol–water partition coefficient (Wildman–Crippen LogP) is 1.37. The first-order valence-electron chi connectivity index (χ1n) is 8.67. The second kappa shape index (κ2) is 6.11. The molecule has 0 unspecified atom stereocenters. The highest BCUT2D eigenvalue weighted by Crippen LogP contribution is 2.25. The van der Waals surface area contributed by atoms with E-state index in [2.05, 4.69) is 51.4 Å². The van der Waals surface area contributed by atoms with Crippen LogP contribution in [0.2, 0.25) is 0 Å². The lowest BCUT2D eigenvalue weighted by atomic mass is 9.96. The minimum absolute atomic E-state index is 0.0838. The number of aromatic amines is 1. The van der Waals surface area contributed by atoms with Crippen molar-refractivity contribution in [3.63, 3.8) is 0 Å². The van der Waals surface area contributed by atoms with Crippen molar-refractivity contribution in [3.8, 4) is 0 Å². The van der Waals surface area contributed by atoms with Crippen LogP contribution in [0.25, 0.3) is 5.65 Å². The topological polar surface area (TPSA) is 87.0 Å². The summed E-state index contributed by atoms with van der Waals surface area (Å²) in [4.78, 5) is 2.30. The van der Waals surface area contributed by atoms with Crippen molar-refractivity contribution in [1.82, 2.24) is 35.3 Å². The summed E-state index contributed by atoms with van der Waals surface area (Å²) in [6.07, 6.45) is 3.77. The van der Waals surface area contributed by atoms with Crippen molar-refractivity contribution in [3.05, 3.63) is 35.9 Å². The van der Waals surface area contributed by atoms with E-state index in [-0.39, 0.29) is 5.41 Å². The minimum atomic E-state index is -0.0838. The number of aromatic nitrogens is 6. The summed E-state index contributed by atoms with van der Waals surface area (Å²) in [5.41, 5.74) is 1.90. The van der Waals surface area contributed by atoms with Crippen molar-refractivity contribution >= 4 is 11.5 Å². The molecular weight excluding hydrogens is 316 g/mol. The van der Waals surface area contributed by atoms with Crippen molar-refractivity contribution in [2.24, 2.45) is 5.92 Å². The molecule has 4 rings (SSSR count). The van der Waals surface area contributed by atoms with Crippen LogP contribution in [-0.2, 0) is 12.0 Å². The fraction of sp³-hybridized carbons (Fsp3) is 0.529. The number of H-pyrrole nitrogens is 1. The molecule has 0 bridgehead atoms. The van der Waals surface area contributed by atoms with E-state index in [1.54, 1.807) is 0 Å². The molecule has 4 heterocycles. The summed E-state index contributed by atoms with van der Waals surface area (Å²) in [6.45, 7) is 10.3. The van der Waals surface area contributed by atoms with Gasteiger partial charge in [-0.3, -0.25) is 5.10 Å². The lowest BCUT2D eigenvalue weighted by Crippen LogP contribution is -2.51. The monoisotopic (exact) mass is 340 g/mol. The fourth-order valence-electron chi connectivity index (χ4n) is 3.10. The normalized spacial score (nSPS) is 15.7. The van der Waals surface area contributed by atoms with E-state index < -0.39 is 0 Å². The number of hydrogen-bond acceptors (Lipinski definition) is 6. The van der Waals surface area contributed by atoms with Gasteiger partial charge in [0.15, 0.2) is 11.5 Å². The zero-order valence-corrected chi connectivity index (χ0v) is 14.9. The highest BCUT2D eigenvalue weighted by molar-refractivity contribution is 5.47. The Morgan fingerprint density at radius 2 is 2.08 bits per heavy atom. The summed E-state index contributed by atoms with van der Waals surface area (Å²) in [6, 6.07) is 4.03. The fourth-order valence-corrected chi connectivity index (χ4v) is 3.10. The van der Waals surface area contributed by atoms with Crippen LogP contribution >= 0.6 is 0 Å². The number of fused-ring (bicyclic) bond motifs is 1. The molecule has 132 valence electrons. The first-order chi connectivity index (χ1) is 12.0. The maximum absolute atomic E-state index is 4.76. The molecule has 25 heavy (non-hydrogen) atoms. The van der Waals surface area contributed by atoms with Crippen LogP contribution in [0.3, 0.4) is 0 Å². The molecule has 0 saturated carbocycles. The summed E-state index contributed by atoms with van der Waals surface area (Å²) in [7, 11) is 0. The van der Waals surface area contributed by atoms with Crippen LogP contribution in [0.5, 0.6) is 0 Å². The molecule has 0 aromatic carbocycles. The maximum atomic E-state index is 4.76. The molecule has 8 nitrogen and oxygen atoms in total. The molecule has 3 aromatic heterocycles. The van der Waals surface area contributed by atoms with Crippen molar-refractivity contribution in [2.45, 2.75) is 32.7 Å². The van der Waals surface area contributed by atoms with Gasteiger partial charge < -0.3 is 10.2 Å². The molecule has 0 spiro atoms. The van der Waals surface area contributed by atoms with Gasteiger partial charge in [0.05, 0.1) is 6.20 Å². The first-order valence-corrected chi connectivity index (χ1v) is 8.67. The van der Waals surface area contributed by atoms with E-state index in [0.717, 1.165) is 43.5 Å². The third kappa shape index (κ3) is 3.21. The smallest absolute Gasteiger partial charge is 0.178 e. The summed E-state index contributed by atoms with van der Waals surface area (Å²) in [5, 5.41) is 23.6. The Morgan fingerprint density at radius 1 is 1.24 bits per heavy atom. The molecule has 0 amide bonds. The van der Waals surface area contributed by atoms with Gasteiger partial charge in [0.25, 0.3) is 0 Å². The summed E-state index contributed by atoms with van der Waals surface area (Å²) in [5.74, 6) is 2.53. The molecule has 0 atom stereocenters. The number of anilines is 1. The molecule has 1 aliphatic heterocycles. The van der Waals surface area contributed by atoms with E-state index in [0.29, 0.717) is 5.92 Å². The van der Waals surface area contributed by atoms with Gasteiger partial charge >= 0.3 is 0 Å². The second-order valence-electron chi connectivity index (χ2n) is 7.74. The van der Waals surface area contributed by atoms with Crippen LogP contribution in [0.1, 0.15) is 32.2 Å². The highest BCUT2D eigenvalue weighted by atomic mass is 15.4. The van der Waals surface area contributed by atoms with Crippen molar-refractivity contribution in [2.75, 3.05) is 24.5 Å². The number of hydrogen-bond donors (Lipinski definition) is 2. The van der Waals surface area contributed by atoms with Gasteiger partial charge in [0, 0.05) is 49.3 Å². The van der Waals surface area contributed by atoms with E-state index in [4.69, 9.17) is 5.10 Å². The van der Waals surface area contributed by atoms with Gasteiger partial charge in [-0.1, -0.05) is 20.8 Å². The van der Waals surface area contributed by atoms with Gasteiger partial charge in [-0.15, -0.1) is 15.3 Å². The lowest BCUT2D eigenvalue weighted by Gasteiger charge is -2.40. The Labute approximate surface area is 146 Å². The Hall–Kier alpha value is -2.48. The predicted molar refractivity (Wildman–Crippen MR) is 95.5 cm³/mol. The van der Waals surface area contributed by atoms with Crippen molar-refractivity contribution in [1.29, 1.82) is 0 Å². The third-order valence-electron chi connectivity index (χ3n) is 4.52. The van der Waals surface area contributed by atoms with Gasteiger partial charge in [-0.05, 0) is 12.1 Å². The zero-order chi connectivity index (χ0) is 17.4. The average molecular weight is 340 g/mol. The van der Waals surface area contributed by atoms with Gasteiger partial charge in [-0.25, -0.2) is 0 Å². The van der Waals surface area contributed by atoms with Crippen LogP contribution in [0.15, 0.2) is 24.5 Å². The standard InChI is InChI=1S/C17H24N8/c1-17(2,3)16-22-21-14-4-5-15(23-25(14)16)24-10-13(11-24)7-18-6-12-8-19-20-9-12/h4-5,8-9,13,18H,6-7,10-11H2,1-3H3,(H,19,20). The van der Waals surface area contributed by atoms with E-state index in [1.807, 2.05) is 29.0 Å². The third-order valence-corrected chi connectivity index (χ3v) is 4.52. The summed E-state index contributed by atoms with van der Waals surface area (Å²) >= 11 is 0. The molecule has 2 N–H and O–H groups in total. The van der Waals surface area contributed by atoms with E-state index in [9.17, 15) is 0 Å². The molecule has 8 heteroatoms. The highest BCUT2D eigenvalue weighted by Gasteiger charge is 2.28. The first kappa shape index (κ1) is 16.0. The van der Waals surface area contributed by atoms with Gasteiger partial charge in [0.2, 0.25) is 0 Å². The largest absolute Gasteiger partial charge is 0.354 e. The molecule has 0 radical (unpaired) electrons. The molecule has 1 fully saturated rings. The van der Waals surface area contributed by atoms with Crippen LogP contribution in [-0.4, -0.2) is 49.6 Å². The quantitative estimate of drug-likeness (QED) is 0.729. The van der Waals surface area contributed by atoms with Crippen LogP contribution in [0.4, 0.5) is 5.82 Å². The van der Waals surface area contributed by atoms with Crippen molar-refractivity contribution < 1.29 is 0 Å². The SMILES string of the molecule is CC(C)(C)c1nnc2ccc(N3CC(CNCc4cn[nH]c4)C3)nn12. The number of nitrogens with zero attached hydrogens (tertiary/aromatic N) is 6. The number of rotatable bonds is 5. The lowest BCUT2D eigenvalue weighted by molar-refractivity contribution is 0.380. The Bertz CT molecular complexity index is 839. The molecule has 1 aliphatic rings. The number of nitrogens with one attached hydrogen (secondary N) is 2. The Kier molecular flexibility index (Phi) is 3.91.